The zero-order valence-corrected chi connectivity index (χ0v) is 9.41. The summed E-state index contributed by atoms with van der Waals surface area (Å²) in [6.45, 7) is 1.66. The first-order valence-electron chi connectivity index (χ1n) is 3.91. The van der Waals surface area contributed by atoms with Gasteiger partial charge in [0.2, 0.25) is 5.91 Å². The highest BCUT2D eigenvalue weighted by atomic mass is 127. The van der Waals surface area contributed by atoms with Crippen LogP contribution in [-0.2, 0) is 4.79 Å². The van der Waals surface area contributed by atoms with Crippen molar-refractivity contribution in [3.8, 4) is 0 Å². The van der Waals surface area contributed by atoms with Gasteiger partial charge in [-0.15, -0.1) is 0 Å². The Bertz CT molecular complexity index is 312. The van der Waals surface area contributed by atoms with Gasteiger partial charge in [0.1, 0.15) is 0 Å². The minimum atomic E-state index is -0.474. The molecule has 0 aliphatic carbocycles. The molecule has 4 heteroatoms. The zero-order valence-electron chi connectivity index (χ0n) is 7.25. The number of amides is 1. The number of carbonyl (C=O) groups is 1. The van der Waals surface area contributed by atoms with Gasteiger partial charge in [0.05, 0.1) is 6.04 Å². The second-order valence-corrected chi connectivity index (χ2v) is 4.03. The van der Waals surface area contributed by atoms with Crippen molar-refractivity contribution in [3.05, 3.63) is 27.8 Å². The normalized spacial score (nSPS) is 12.2. The molecule has 70 valence electrons. The molecule has 0 aromatic heterocycles. The van der Waals surface area contributed by atoms with Crippen LogP contribution in [0.15, 0.2) is 24.3 Å². The topological polar surface area (TPSA) is 55.1 Å². The molecule has 3 N–H and O–H groups in total. The fourth-order valence-corrected chi connectivity index (χ4v) is 1.37. The number of carbonyl (C=O) groups excluding carboxylic acids is 1. The molecule has 0 heterocycles. The van der Waals surface area contributed by atoms with E-state index < -0.39 is 6.04 Å². The van der Waals surface area contributed by atoms with E-state index in [2.05, 4.69) is 27.9 Å². The van der Waals surface area contributed by atoms with E-state index in [9.17, 15) is 4.79 Å². The lowest BCUT2D eigenvalue weighted by Gasteiger charge is -2.07. The van der Waals surface area contributed by atoms with E-state index in [1.807, 2.05) is 24.3 Å². The van der Waals surface area contributed by atoms with Crippen LogP contribution in [0.1, 0.15) is 6.92 Å². The summed E-state index contributed by atoms with van der Waals surface area (Å²) in [7, 11) is 0. The van der Waals surface area contributed by atoms with E-state index in [1.165, 1.54) is 0 Å². The fourth-order valence-electron chi connectivity index (χ4n) is 0.822. The van der Waals surface area contributed by atoms with Crippen molar-refractivity contribution in [1.82, 2.24) is 0 Å². The number of anilines is 1. The van der Waals surface area contributed by atoms with Gasteiger partial charge in [0, 0.05) is 9.26 Å². The summed E-state index contributed by atoms with van der Waals surface area (Å²) in [5, 5.41) is 2.71. The minimum Gasteiger partial charge on any atom is -0.325 e. The highest BCUT2D eigenvalue weighted by Crippen LogP contribution is 2.12. The zero-order chi connectivity index (χ0) is 9.84. The van der Waals surface area contributed by atoms with Gasteiger partial charge < -0.3 is 11.1 Å². The van der Waals surface area contributed by atoms with Gasteiger partial charge in [-0.05, 0) is 47.7 Å². The molecule has 0 unspecified atom stereocenters. The van der Waals surface area contributed by atoms with Crippen molar-refractivity contribution < 1.29 is 4.79 Å². The van der Waals surface area contributed by atoms with Gasteiger partial charge in [-0.3, -0.25) is 4.79 Å². The molecule has 1 aromatic carbocycles. The van der Waals surface area contributed by atoms with E-state index >= 15 is 0 Å². The summed E-state index contributed by atoms with van der Waals surface area (Å²) in [4.78, 5) is 11.2. The Morgan fingerprint density at radius 3 is 2.85 bits per heavy atom. The Morgan fingerprint density at radius 1 is 1.62 bits per heavy atom. The van der Waals surface area contributed by atoms with E-state index in [0.29, 0.717) is 0 Å². The Kier molecular flexibility index (Phi) is 3.68. The lowest BCUT2D eigenvalue weighted by atomic mass is 10.3. The van der Waals surface area contributed by atoms with E-state index in [-0.39, 0.29) is 5.91 Å². The number of hydrogen-bond donors (Lipinski definition) is 2. The molecule has 1 atom stereocenters. The molecule has 0 radical (unpaired) electrons. The molecular formula is C9H11IN2O. The molecule has 0 aliphatic rings. The Morgan fingerprint density at radius 2 is 2.31 bits per heavy atom. The van der Waals surface area contributed by atoms with Gasteiger partial charge in [0.15, 0.2) is 0 Å². The van der Waals surface area contributed by atoms with Gasteiger partial charge in [-0.25, -0.2) is 0 Å². The van der Waals surface area contributed by atoms with Crippen LogP contribution in [0.4, 0.5) is 5.69 Å². The summed E-state index contributed by atoms with van der Waals surface area (Å²) < 4.78 is 1.08. The number of benzene rings is 1. The summed E-state index contributed by atoms with van der Waals surface area (Å²) >= 11 is 2.19. The van der Waals surface area contributed by atoms with Crippen LogP contribution >= 0.6 is 22.6 Å². The highest BCUT2D eigenvalue weighted by Gasteiger charge is 2.06. The molecule has 0 bridgehead atoms. The number of nitrogens with two attached hydrogens (primary N) is 1. The van der Waals surface area contributed by atoms with Crippen LogP contribution in [0.25, 0.3) is 0 Å². The number of nitrogens with one attached hydrogen (secondary N) is 1. The molecule has 0 spiro atoms. The average Bonchev–Trinajstić information content (AvgIpc) is 2.04. The van der Waals surface area contributed by atoms with Crippen LogP contribution in [0.3, 0.4) is 0 Å². The SMILES string of the molecule is C[C@@H](N)C(=O)Nc1cccc(I)c1. The standard InChI is InChI=1S/C9H11IN2O/c1-6(11)9(13)12-8-4-2-3-7(10)5-8/h2-6H,11H2,1H3,(H,12,13)/t6-/m1/s1. The first kappa shape index (κ1) is 10.5. The molecule has 0 saturated heterocycles. The molecule has 3 nitrogen and oxygen atoms in total. The first-order chi connectivity index (χ1) is 6.09. The third-order valence-electron chi connectivity index (χ3n) is 1.51. The summed E-state index contributed by atoms with van der Waals surface area (Å²) in [6.07, 6.45) is 0. The molecule has 0 saturated carbocycles. The Hall–Kier alpha value is -0.620. The number of hydrogen-bond acceptors (Lipinski definition) is 2. The lowest BCUT2D eigenvalue weighted by molar-refractivity contribution is -0.117. The van der Waals surface area contributed by atoms with Crippen molar-refractivity contribution in [2.24, 2.45) is 5.73 Å². The average molecular weight is 290 g/mol. The van der Waals surface area contributed by atoms with Gasteiger partial charge in [0.25, 0.3) is 0 Å². The van der Waals surface area contributed by atoms with Crippen LogP contribution in [0.5, 0.6) is 0 Å². The molecule has 0 fully saturated rings. The predicted molar refractivity (Wildman–Crippen MR) is 61.4 cm³/mol. The van der Waals surface area contributed by atoms with Crippen molar-refractivity contribution in [3.63, 3.8) is 0 Å². The third kappa shape index (κ3) is 3.31. The van der Waals surface area contributed by atoms with E-state index in [4.69, 9.17) is 5.73 Å². The van der Waals surface area contributed by atoms with Gasteiger partial charge >= 0.3 is 0 Å². The van der Waals surface area contributed by atoms with Gasteiger partial charge in [-0.1, -0.05) is 6.07 Å². The van der Waals surface area contributed by atoms with Crippen molar-refractivity contribution in [1.29, 1.82) is 0 Å². The van der Waals surface area contributed by atoms with Crippen molar-refractivity contribution >= 4 is 34.2 Å². The summed E-state index contributed by atoms with van der Waals surface area (Å²) in [6, 6.07) is 7.10. The highest BCUT2D eigenvalue weighted by molar-refractivity contribution is 14.1. The van der Waals surface area contributed by atoms with E-state index in [0.717, 1.165) is 9.26 Å². The quantitative estimate of drug-likeness (QED) is 0.812. The Labute approximate surface area is 90.8 Å². The van der Waals surface area contributed by atoms with Gasteiger partial charge in [-0.2, -0.15) is 0 Å². The smallest absolute Gasteiger partial charge is 0.240 e. The third-order valence-corrected chi connectivity index (χ3v) is 2.18. The lowest BCUT2D eigenvalue weighted by Crippen LogP contribution is -2.32. The molecule has 13 heavy (non-hydrogen) atoms. The minimum absolute atomic E-state index is 0.165. The maximum absolute atomic E-state index is 11.2. The van der Waals surface area contributed by atoms with E-state index in [1.54, 1.807) is 6.92 Å². The predicted octanol–water partition coefficient (Wildman–Crippen LogP) is 1.58. The summed E-state index contributed by atoms with van der Waals surface area (Å²) in [5.41, 5.74) is 6.19. The van der Waals surface area contributed by atoms with Crippen LogP contribution in [-0.4, -0.2) is 11.9 Å². The maximum Gasteiger partial charge on any atom is 0.240 e. The van der Waals surface area contributed by atoms with Crippen LogP contribution in [0.2, 0.25) is 0 Å². The largest absolute Gasteiger partial charge is 0.325 e. The fraction of sp³-hybridized carbons (Fsp3) is 0.222. The van der Waals surface area contributed by atoms with Crippen LogP contribution in [0, 0.1) is 3.57 Å². The summed E-state index contributed by atoms with van der Waals surface area (Å²) in [5.74, 6) is -0.165. The second kappa shape index (κ2) is 4.57. The molecule has 1 rings (SSSR count). The maximum atomic E-state index is 11.2. The monoisotopic (exact) mass is 290 g/mol. The second-order valence-electron chi connectivity index (χ2n) is 2.79. The molecule has 1 amide bonds. The number of halogens is 1. The first-order valence-corrected chi connectivity index (χ1v) is 4.99. The molecular weight excluding hydrogens is 279 g/mol. The van der Waals surface area contributed by atoms with Crippen molar-refractivity contribution in [2.45, 2.75) is 13.0 Å². The molecule has 1 aromatic rings. The van der Waals surface area contributed by atoms with Crippen LogP contribution < -0.4 is 11.1 Å². The Balaban J connectivity index is 2.69. The van der Waals surface area contributed by atoms with Crippen molar-refractivity contribution in [2.75, 3.05) is 5.32 Å². The molecule has 0 aliphatic heterocycles. The number of rotatable bonds is 2.